The van der Waals surface area contributed by atoms with Gasteiger partial charge in [-0.05, 0) is 22.9 Å². The smallest absolute Gasteiger partial charge is 0.351 e. The van der Waals surface area contributed by atoms with Gasteiger partial charge < -0.3 is 34.1 Å². The van der Waals surface area contributed by atoms with Gasteiger partial charge in [0.05, 0.1) is 23.8 Å². The second-order valence-corrected chi connectivity index (χ2v) is 10.5. The molecule has 3 fully saturated rings. The van der Waals surface area contributed by atoms with E-state index in [0.717, 1.165) is 17.3 Å². The van der Waals surface area contributed by atoms with Crippen molar-refractivity contribution in [3.63, 3.8) is 0 Å². The third kappa shape index (κ3) is 4.60. The maximum absolute atomic E-state index is 13.1. The summed E-state index contributed by atoms with van der Waals surface area (Å²) < 4.78 is 12.6. The van der Waals surface area contributed by atoms with Gasteiger partial charge >= 0.3 is 11.9 Å². The molecule has 0 aliphatic carbocycles. The van der Waals surface area contributed by atoms with E-state index in [4.69, 9.17) is 29.3 Å². The van der Waals surface area contributed by atoms with Crippen molar-refractivity contribution in [2.75, 3.05) is 14.1 Å². The van der Waals surface area contributed by atoms with E-state index in [2.05, 4.69) is 14.1 Å². The molecule has 5 heterocycles. The number of ether oxygens (including phenoxy) is 2. The third-order valence-corrected chi connectivity index (χ3v) is 8.49. The molecule has 2 aromatic rings. The fourth-order valence-corrected chi connectivity index (χ4v) is 6.54. The van der Waals surface area contributed by atoms with Gasteiger partial charge in [-0.1, -0.05) is 12.1 Å². The maximum atomic E-state index is 13.1. The first-order valence-corrected chi connectivity index (χ1v) is 11.8. The Balaban J connectivity index is 0.000000391. The molecule has 2 aromatic heterocycles. The van der Waals surface area contributed by atoms with Crippen LogP contribution in [0, 0.1) is 0 Å². The molecule has 0 aromatic carbocycles. The number of fused-ring (bicyclic) bond motifs is 5. The summed E-state index contributed by atoms with van der Waals surface area (Å²) in [5.41, 5.74) is -1.72. The van der Waals surface area contributed by atoms with Gasteiger partial charge in [0.1, 0.15) is 30.4 Å². The molecular formula is C21H24BrNO8S2. The molecule has 0 saturated carbocycles. The largest absolute Gasteiger partial charge is 0.539 e. The number of halogens is 1. The molecule has 3 aliphatic heterocycles. The van der Waals surface area contributed by atoms with Crippen LogP contribution in [0.15, 0.2) is 35.0 Å². The minimum Gasteiger partial charge on any atom is -0.539 e. The van der Waals surface area contributed by atoms with E-state index in [1.54, 1.807) is 12.1 Å². The molecule has 33 heavy (non-hydrogen) atoms. The molecule has 1 unspecified atom stereocenters. The highest BCUT2D eigenvalue weighted by atomic mass is 79.9. The first kappa shape index (κ1) is 25.8. The topological polar surface area (TPSA) is 136 Å². The van der Waals surface area contributed by atoms with Crippen molar-refractivity contribution < 1.29 is 43.7 Å². The lowest BCUT2D eigenvalue weighted by atomic mass is 9.95. The van der Waals surface area contributed by atoms with Crippen LogP contribution in [-0.2, 0) is 29.5 Å². The predicted octanol–water partition coefficient (Wildman–Crippen LogP) is 0.744. The molecule has 2 bridgehead atoms. The summed E-state index contributed by atoms with van der Waals surface area (Å²) in [4.78, 5) is 32.4. The first-order chi connectivity index (χ1) is 15.1. The van der Waals surface area contributed by atoms with Crippen molar-refractivity contribution in [1.29, 1.82) is 0 Å². The SMILES string of the molecule is Br.C[N+]1(C)[C@@H]2CC(OC(=O)C(O)(c3cccs3)c3cccs3)C[C@H]1[C@@H]1O[C@@H]12.O=C([O-])C(=O)O. The molecule has 9 nitrogen and oxygen atoms in total. The number of carbonyl (C=O) groups excluding carboxylic acids is 2. The molecular weight excluding hydrogens is 538 g/mol. The molecule has 3 saturated heterocycles. The maximum Gasteiger partial charge on any atom is 0.351 e. The van der Waals surface area contributed by atoms with Crippen LogP contribution in [0.5, 0.6) is 0 Å². The Morgan fingerprint density at radius 2 is 1.55 bits per heavy atom. The number of hydrogen-bond acceptors (Lipinski definition) is 9. The van der Waals surface area contributed by atoms with Crippen LogP contribution in [0.1, 0.15) is 22.6 Å². The van der Waals surface area contributed by atoms with Crippen LogP contribution >= 0.6 is 39.7 Å². The Kier molecular flexibility index (Phi) is 7.37. The second-order valence-electron chi connectivity index (χ2n) is 8.59. The molecule has 2 N–H and O–H groups in total. The number of likely N-dealkylation sites (N-methyl/N-ethyl adjacent to an activating group) is 1. The zero-order valence-corrected chi connectivity index (χ0v) is 21.1. The standard InChI is InChI=1S/C19H22NO4S2.C2H2O4.BrH/c1-20(2)12-9-11(10-13(20)17-16(12)24-17)23-18(21)19(22,14-5-3-7-25-14)15-6-4-8-26-15;3-1(4)2(5)6;/h3-8,11-13,16-17,22H,9-10H2,1-2H3;(H,3,4)(H,5,6);1H/q+1;;/p-1/t11?,12-,13+,16-,17+;;. The third-order valence-electron chi connectivity index (χ3n) is 6.54. The highest BCUT2D eigenvalue weighted by Gasteiger charge is 2.71. The van der Waals surface area contributed by atoms with Crippen molar-refractivity contribution in [3.05, 3.63) is 44.8 Å². The van der Waals surface area contributed by atoms with Gasteiger partial charge in [-0.2, -0.15) is 0 Å². The number of carbonyl (C=O) groups is 3. The van der Waals surface area contributed by atoms with E-state index in [1.165, 1.54) is 22.7 Å². The van der Waals surface area contributed by atoms with E-state index >= 15 is 0 Å². The van der Waals surface area contributed by atoms with Crippen LogP contribution < -0.4 is 5.11 Å². The Morgan fingerprint density at radius 1 is 1.09 bits per heavy atom. The van der Waals surface area contributed by atoms with Crippen molar-refractivity contribution in [3.8, 4) is 0 Å². The molecule has 3 aliphatic rings. The van der Waals surface area contributed by atoms with Gasteiger partial charge in [-0.3, -0.25) is 0 Å². The highest BCUT2D eigenvalue weighted by molar-refractivity contribution is 8.93. The van der Waals surface area contributed by atoms with E-state index in [1.807, 2.05) is 22.9 Å². The van der Waals surface area contributed by atoms with Gasteiger partial charge in [0.15, 0.2) is 5.97 Å². The minimum absolute atomic E-state index is 0. The molecule has 12 heteroatoms. The van der Waals surface area contributed by atoms with E-state index in [9.17, 15) is 9.90 Å². The van der Waals surface area contributed by atoms with Crippen molar-refractivity contribution in [1.82, 2.24) is 0 Å². The Hall–Kier alpha value is -1.83. The summed E-state index contributed by atoms with van der Waals surface area (Å²) in [5.74, 6) is -4.57. The molecule has 5 atom stereocenters. The summed E-state index contributed by atoms with van der Waals surface area (Å²) in [6.07, 6.45) is 2.05. The van der Waals surface area contributed by atoms with Gasteiger partial charge in [-0.15, -0.1) is 39.7 Å². The van der Waals surface area contributed by atoms with Crippen LogP contribution in [0.2, 0.25) is 0 Å². The Morgan fingerprint density at radius 3 is 1.91 bits per heavy atom. The van der Waals surface area contributed by atoms with Gasteiger partial charge in [-0.25, -0.2) is 9.59 Å². The fourth-order valence-electron chi connectivity index (χ4n) is 4.83. The molecule has 0 amide bonds. The summed E-state index contributed by atoms with van der Waals surface area (Å²) in [5, 5.41) is 31.4. The lowest BCUT2D eigenvalue weighted by molar-refractivity contribution is -0.938. The van der Waals surface area contributed by atoms with Crippen molar-refractivity contribution in [2.24, 2.45) is 0 Å². The fraction of sp³-hybridized carbons (Fsp3) is 0.476. The normalized spacial score (nSPS) is 28.4. The number of carboxylic acid groups (broad SMARTS) is 2. The molecule has 5 rings (SSSR count). The predicted molar refractivity (Wildman–Crippen MR) is 122 cm³/mol. The van der Waals surface area contributed by atoms with Crippen LogP contribution in [0.4, 0.5) is 0 Å². The van der Waals surface area contributed by atoms with E-state index in [-0.39, 0.29) is 23.1 Å². The average Bonchev–Trinajstić information content (AvgIpc) is 3.10. The van der Waals surface area contributed by atoms with Gasteiger partial charge in [0.25, 0.3) is 0 Å². The summed E-state index contributed by atoms with van der Waals surface area (Å²) >= 11 is 2.74. The van der Waals surface area contributed by atoms with Gasteiger partial charge in [0.2, 0.25) is 5.60 Å². The van der Waals surface area contributed by atoms with Crippen molar-refractivity contribution >= 4 is 57.6 Å². The van der Waals surface area contributed by atoms with Crippen LogP contribution in [-0.4, -0.2) is 77.1 Å². The molecule has 180 valence electrons. The summed E-state index contributed by atoms with van der Waals surface area (Å²) in [6.45, 7) is 0. The lowest BCUT2D eigenvalue weighted by Gasteiger charge is -2.45. The summed E-state index contributed by atoms with van der Waals surface area (Å²) in [7, 11) is 4.49. The Labute approximate surface area is 208 Å². The highest BCUT2D eigenvalue weighted by Crippen LogP contribution is 2.52. The monoisotopic (exact) mass is 561 g/mol. The number of quaternary nitrogens is 1. The zero-order chi connectivity index (χ0) is 23.3. The van der Waals surface area contributed by atoms with Gasteiger partial charge in [0, 0.05) is 12.8 Å². The molecule has 0 radical (unpaired) electrons. The number of piperidine rings is 1. The molecule has 0 spiro atoms. The minimum atomic E-state index is -2.07. The zero-order valence-electron chi connectivity index (χ0n) is 17.8. The lowest BCUT2D eigenvalue weighted by Crippen LogP contribution is -2.60. The first-order valence-electron chi connectivity index (χ1n) is 10.0. The number of rotatable bonds is 4. The van der Waals surface area contributed by atoms with E-state index < -0.39 is 23.5 Å². The number of esters is 1. The summed E-state index contributed by atoms with van der Waals surface area (Å²) in [6, 6.07) is 8.01. The average molecular weight is 562 g/mol. The van der Waals surface area contributed by atoms with E-state index in [0.29, 0.717) is 34.0 Å². The quantitative estimate of drug-likeness (QED) is 0.241. The number of carboxylic acids is 2. The van der Waals surface area contributed by atoms with Crippen molar-refractivity contribution in [2.45, 2.75) is 48.8 Å². The number of morpholine rings is 1. The number of aliphatic hydroxyl groups is 1. The number of hydrogen-bond donors (Lipinski definition) is 2. The van der Waals surface area contributed by atoms with Crippen LogP contribution in [0.3, 0.4) is 0 Å². The second kappa shape index (κ2) is 9.43. The number of nitrogens with zero attached hydrogens (tertiary/aromatic N) is 1. The number of thiophene rings is 2. The Bertz CT molecular complexity index is 943. The number of aliphatic carboxylic acids is 2. The number of epoxide rings is 1. The van der Waals surface area contributed by atoms with Crippen LogP contribution in [0.25, 0.3) is 0 Å².